The smallest absolute Gasteiger partial charge is 0.323 e. The van der Waals surface area contributed by atoms with E-state index < -0.39 is 18.1 Å². The van der Waals surface area contributed by atoms with Crippen LogP contribution in [0.5, 0.6) is 0 Å². The summed E-state index contributed by atoms with van der Waals surface area (Å²) in [5.74, 6) is -0.189. The molecule has 8 heteroatoms. The highest BCUT2D eigenvalue weighted by atomic mass is 19.1. The molecular weight excluding hydrogens is 317 g/mol. The highest BCUT2D eigenvalue weighted by Crippen LogP contribution is 2.23. The van der Waals surface area contributed by atoms with Gasteiger partial charge in [-0.25, -0.2) is 4.39 Å². The summed E-state index contributed by atoms with van der Waals surface area (Å²) in [4.78, 5) is 17.7. The van der Waals surface area contributed by atoms with Crippen molar-refractivity contribution >= 4 is 5.97 Å². The van der Waals surface area contributed by atoms with Crippen LogP contribution < -0.4 is 0 Å². The Morgan fingerprint density at radius 2 is 2.33 bits per heavy atom. The van der Waals surface area contributed by atoms with Crippen molar-refractivity contribution < 1.29 is 23.6 Å². The Morgan fingerprint density at radius 1 is 1.54 bits per heavy atom. The maximum atomic E-state index is 13.6. The number of carbonyl (C=O) groups is 1. The molecule has 128 valence electrons. The molecule has 1 aromatic carbocycles. The van der Waals surface area contributed by atoms with Crippen molar-refractivity contribution in [3.63, 3.8) is 0 Å². The molecular formula is C16H18FN3O4. The second-order valence-electron chi connectivity index (χ2n) is 5.83. The third-order valence-electron chi connectivity index (χ3n) is 4.09. The summed E-state index contributed by atoms with van der Waals surface area (Å²) < 4.78 is 23.6. The predicted octanol–water partition coefficient (Wildman–Crippen LogP) is 1.29. The zero-order valence-electron chi connectivity index (χ0n) is 13.4. The Kier molecular flexibility index (Phi) is 4.59. The van der Waals surface area contributed by atoms with E-state index >= 15 is 0 Å². The molecule has 2 heterocycles. The van der Waals surface area contributed by atoms with E-state index in [0.717, 1.165) is 0 Å². The third kappa shape index (κ3) is 3.29. The molecule has 2 atom stereocenters. The number of esters is 1. The molecule has 1 aromatic heterocycles. The number of aliphatic hydroxyl groups excluding tert-OH is 1. The lowest BCUT2D eigenvalue weighted by Gasteiger charge is -2.19. The van der Waals surface area contributed by atoms with Crippen LogP contribution in [0, 0.1) is 12.7 Å². The van der Waals surface area contributed by atoms with E-state index in [1.165, 1.54) is 13.2 Å². The number of halogens is 1. The third-order valence-corrected chi connectivity index (χ3v) is 4.09. The fourth-order valence-corrected chi connectivity index (χ4v) is 2.78. The SMILES string of the molecule is COC(=O)[C@H]1C[C@H](O)CN1Cc1nc(-c2ccc(C)c(F)c2)no1. The predicted molar refractivity (Wildman–Crippen MR) is 81.3 cm³/mol. The van der Waals surface area contributed by atoms with Crippen LogP contribution in [0.15, 0.2) is 22.7 Å². The van der Waals surface area contributed by atoms with Crippen molar-refractivity contribution in [2.24, 2.45) is 0 Å². The van der Waals surface area contributed by atoms with Crippen LogP contribution in [-0.2, 0) is 16.1 Å². The van der Waals surface area contributed by atoms with Crippen LogP contribution in [0.25, 0.3) is 11.4 Å². The van der Waals surface area contributed by atoms with Gasteiger partial charge >= 0.3 is 5.97 Å². The van der Waals surface area contributed by atoms with Gasteiger partial charge in [0.15, 0.2) is 0 Å². The quantitative estimate of drug-likeness (QED) is 0.842. The molecule has 0 amide bonds. The van der Waals surface area contributed by atoms with E-state index in [9.17, 15) is 14.3 Å². The lowest BCUT2D eigenvalue weighted by Crippen LogP contribution is -2.36. The number of hydrogen-bond acceptors (Lipinski definition) is 7. The van der Waals surface area contributed by atoms with Crippen molar-refractivity contribution in [3.05, 3.63) is 35.5 Å². The van der Waals surface area contributed by atoms with Crippen molar-refractivity contribution in [1.29, 1.82) is 0 Å². The number of ether oxygens (including phenoxy) is 1. The van der Waals surface area contributed by atoms with Gasteiger partial charge in [-0.3, -0.25) is 9.69 Å². The summed E-state index contributed by atoms with van der Waals surface area (Å²) in [5.41, 5.74) is 1.05. The number of benzene rings is 1. The molecule has 3 rings (SSSR count). The van der Waals surface area contributed by atoms with Gasteiger partial charge in [-0.05, 0) is 18.6 Å². The minimum Gasteiger partial charge on any atom is -0.468 e. The van der Waals surface area contributed by atoms with Gasteiger partial charge in [-0.2, -0.15) is 4.98 Å². The van der Waals surface area contributed by atoms with Gasteiger partial charge < -0.3 is 14.4 Å². The molecule has 0 saturated carbocycles. The van der Waals surface area contributed by atoms with E-state index in [1.54, 1.807) is 24.0 Å². The summed E-state index contributed by atoms with van der Waals surface area (Å²) in [5, 5.41) is 13.6. The lowest BCUT2D eigenvalue weighted by molar-refractivity contribution is -0.146. The number of carbonyl (C=O) groups excluding carboxylic acids is 1. The van der Waals surface area contributed by atoms with Crippen LogP contribution in [0.2, 0.25) is 0 Å². The fourth-order valence-electron chi connectivity index (χ4n) is 2.78. The topological polar surface area (TPSA) is 88.7 Å². The Morgan fingerprint density at radius 3 is 3.04 bits per heavy atom. The van der Waals surface area contributed by atoms with Crippen molar-refractivity contribution in [3.8, 4) is 11.4 Å². The normalized spacial score (nSPS) is 21.2. The highest BCUT2D eigenvalue weighted by Gasteiger charge is 2.37. The second-order valence-corrected chi connectivity index (χ2v) is 5.83. The van der Waals surface area contributed by atoms with Crippen LogP contribution in [0.3, 0.4) is 0 Å². The van der Waals surface area contributed by atoms with E-state index in [-0.39, 0.29) is 24.1 Å². The average molecular weight is 335 g/mol. The largest absolute Gasteiger partial charge is 0.468 e. The van der Waals surface area contributed by atoms with E-state index in [2.05, 4.69) is 10.1 Å². The number of β-amino-alcohol motifs (C(OH)–C–C–N with tert-alkyl or cyclic N) is 1. The molecule has 0 unspecified atom stereocenters. The van der Waals surface area contributed by atoms with Gasteiger partial charge in [0, 0.05) is 18.5 Å². The summed E-state index contributed by atoms with van der Waals surface area (Å²) in [6, 6.07) is 4.16. The molecule has 0 bridgehead atoms. The van der Waals surface area contributed by atoms with E-state index in [1.807, 2.05) is 0 Å². The monoisotopic (exact) mass is 335 g/mol. The van der Waals surface area contributed by atoms with Crippen LogP contribution in [0.1, 0.15) is 17.9 Å². The van der Waals surface area contributed by atoms with Gasteiger partial charge in [0.05, 0.1) is 19.8 Å². The van der Waals surface area contributed by atoms with Gasteiger partial charge in [-0.1, -0.05) is 17.3 Å². The number of aromatic nitrogens is 2. The maximum absolute atomic E-state index is 13.6. The fraction of sp³-hybridized carbons (Fsp3) is 0.438. The first-order valence-electron chi connectivity index (χ1n) is 7.57. The molecule has 1 N–H and O–H groups in total. The summed E-state index contributed by atoms with van der Waals surface area (Å²) in [6.07, 6.45) is -0.306. The summed E-state index contributed by atoms with van der Waals surface area (Å²) >= 11 is 0. The van der Waals surface area contributed by atoms with E-state index in [0.29, 0.717) is 24.1 Å². The Bertz CT molecular complexity index is 749. The number of methoxy groups -OCH3 is 1. The van der Waals surface area contributed by atoms with Crippen molar-refractivity contribution in [2.75, 3.05) is 13.7 Å². The van der Waals surface area contributed by atoms with Gasteiger partial charge in [0.2, 0.25) is 11.7 Å². The Hall–Kier alpha value is -2.32. The first kappa shape index (κ1) is 16.5. The molecule has 0 aliphatic carbocycles. The summed E-state index contributed by atoms with van der Waals surface area (Å²) in [6.45, 7) is 2.20. The molecule has 0 radical (unpaired) electrons. The lowest BCUT2D eigenvalue weighted by atomic mass is 10.1. The number of aliphatic hydroxyl groups is 1. The Balaban J connectivity index is 1.76. The molecule has 0 spiro atoms. The summed E-state index contributed by atoms with van der Waals surface area (Å²) in [7, 11) is 1.31. The maximum Gasteiger partial charge on any atom is 0.323 e. The zero-order valence-corrected chi connectivity index (χ0v) is 13.4. The number of hydrogen-bond donors (Lipinski definition) is 1. The first-order valence-corrected chi connectivity index (χ1v) is 7.57. The van der Waals surface area contributed by atoms with Crippen LogP contribution >= 0.6 is 0 Å². The average Bonchev–Trinajstić information content (AvgIpc) is 3.16. The van der Waals surface area contributed by atoms with Crippen LogP contribution in [0.4, 0.5) is 4.39 Å². The minimum absolute atomic E-state index is 0.207. The van der Waals surface area contributed by atoms with Gasteiger partial charge in [0.25, 0.3) is 0 Å². The van der Waals surface area contributed by atoms with Crippen LogP contribution in [-0.4, -0.2) is 51.9 Å². The molecule has 1 saturated heterocycles. The van der Waals surface area contributed by atoms with Gasteiger partial charge in [-0.15, -0.1) is 0 Å². The molecule has 24 heavy (non-hydrogen) atoms. The number of nitrogens with zero attached hydrogens (tertiary/aromatic N) is 3. The van der Waals surface area contributed by atoms with E-state index in [4.69, 9.17) is 9.26 Å². The molecule has 1 fully saturated rings. The standard InChI is InChI=1S/C16H18FN3O4/c1-9-3-4-10(5-12(9)17)15-18-14(24-19-15)8-20-7-11(21)6-13(20)16(22)23-2/h3-5,11,13,21H,6-8H2,1-2H3/t11-,13+/m0/s1. The Labute approximate surface area is 138 Å². The minimum atomic E-state index is -0.609. The molecule has 2 aromatic rings. The molecule has 1 aliphatic rings. The number of aryl methyl sites for hydroxylation is 1. The van der Waals surface area contributed by atoms with Crippen molar-refractivity contribution in [1.82, 2.24) is 15.0 Å². The number of likely N-dealkylation sites (tertiary alicyclic amines) is 1. The zero-order chi connectivity index (χ0) is 17.3. The highest BCUT2D eigenvalue weighted by molar-refractivity contribution is 5.76. The first-order chi connectivity index (χ1) is 11.5. The van der Waals surface area contributed by atoms with Gasteiger partial charge in [0.1, 0.15) is 11.9 Å². The second kappa shape index (κ2) is 6.66. The molecule has 7 nitrogen and oxygen atoms in total. The molecule has 1 aliphatic heterocycles. The van der Waals surface area contributed by atoms with Crippen molar-refractivity contribution in [2.45, 2.75) is 32.0 Å². The number of rotatable bonds is 4.